The largest absolute Gasteiger partial charge is 0.457 e. The number of hydrogen-bond donors (Lipinski definition) is 1. The van der Waals surface area contributed by atoms with E-state index in [1.54, 1.807) is 19.5 Å². The van der Waals surface area contributed by atoms with Gasteiger partial charge in [-0.1, -0.05) is 12.1 Å². The molecule has 4 nitrogen and oxygen atoms in total. The first kappa shape index (κ1) is 12.5. The van der Waals surface area contributed by atoms with Crippen molar-refractivity contribution in [2.24, 2.45) is 5.73 Å². The maximum atomic E-state index is 5.81. The summed E-state index contributed by atoms with van der Waals surface area (Å²) in [5.74, 6) is 1.51. The van der Waals surface area contributed by atoms with Crippen molar-refractivity contribution in [1.29, 1.82) is 0 Å². The zero-order valence-electron chi connectivity index (χ0n) is 10.3. The van der Waals surface area contributed by atoms with E-state index in [0.717, 1.165) is 22.6 Å². The minimum absolute atomic E-state index is 0.404. The first-order valence-corrected chi connectivity index (χ1v) is 5.72. The Balaban J connectivity index is 2.20. The second-order valence-electron chi connectivity index (χ2n) is 3.87. The Hall–Kier alpha value is -1.91. The van der Waals surface area contributed by atoms with Crippen molar-refractivity contribution in [3.05, 3.63) is 53.9 Å². The third kappa shape index (κ3) is 3.06. The van der Waals surface area contributed by atoms with Crippen LogP contribution in [0.15, 0.2) is 42.7 Å². The number of aromatic nitrogens is 1. The molecule has 1 heterocycles. The molecule has 0 aliphatic heterocycles. The number of hydrogen-bond acceptors (Lipinski definition) is 4. The Morgan fingerprint density at radius 3 is 2.94 bits per heavy atom. The molecule has 0 spiro atoms. The number of rotatable bonds is 5. The van der Waals surface area contributed by atoms with Crippen LogP contribution in [0.1, 0.15) is 11.1 Å². The van der Waals surface area contributed by atoms with Crippen LogP contribution in [0.5, 0.6) is 11.5 Å². The molecule has 2 rings (SSSR count). The highest BCUT2D eigenvalue weighted by Gasteiger charge is 2.04. The molecule has 0 aliphatic rings. The van der Waals surface area contributed by atoms with Crippen LogP contribution in [-0.4, -0.2) is 12.1 Å². The smallest absolute Gasteiger partial charge is 0.134 e. The summed E-state index contributed by atoms with van der Waals surface area (Å²) in [7, 11) is 1.67. The Labute approximate surface area is 106 Å². The molecule has 94 valence electrons. The fourth-order valence-electron chi connectivity index (χ4n) is 1.66. The lowest BCUT2D eigenvalue weighted by molar-refractivity contribution is 0.184. The average molecular weight is 244 g/mol. The molecular formula is C14H16N2O2. The number of methoxy groups -OCH3 is 1. The van der Waals surface area contributed by atoms with E-state index in [-0.39, 0.29) is 0 Å². The van der Waals surface area contributed by atoms with E-state index in [1.807, 2.05) is 30.3 Å². The summed E-state index contributed by atoms with van der Waals surface area (Å²) in [6.45, 7) is 0.970. The predicted octanol–water partition coefficient (Wildman–Crippen LogP) is 2.48. The van der Waals surface area contributed by atoms with E-state index < -0.39 is 0 Å². The molecule has 0 bridgehead atoms. The van der Waals surface area contributed by atoms with Gasteiger partial charge in [0.2, 0.25) is 0 Å². The number of ether oxygens (including phenoxy) is 2. The van der Waals surface area contributed by atoms with Crippen LogP contribution < -0.4 is 10.5 Å². The summed E-state index contributed by atoms with van der Waals surface area (Å²) < 4.78 is 10.9. The summed E-state index contributed by atoms with van der Waals surface area (Å²) in [5, 5.41) is 0. The maximum Gasteiger partial charge on any atom is 0.134 e. The molecule has 0 saturated heterocycles. The Morgan fingerprint density at radius 2 is 2.17 bits per heavy atom. The SMILES string of the molecule is COCc1cccc(Oc2ccncc2CN)c1. The van der Waals surface area contributed by atoms with E-state index >= 15 is 0 Å². The molecule has 18 heavy (non-hydrogen) atoms. The third-order valence-electron chi connectivity index (χ3n) is 2.52. The molecule has 0 radical (unpaired) electrons. The molecule has 0 aliphatic carbocycles. The van der Waals surface area contributed by atoms with E-state index in [4.69, 9.17) is 15.2 Å². The van der Waals surface area contributed by atoms with Gasteiger partial charge < -0.3 is 15.2 Å². The topological polar surface area (TPSA) is 57.4 Å². The van der Waals surface area contributed by atoms with Crippen molar-refractivity contribution in [3.63, 3.8) is 0 Å². The van der Waals surface area contributed by atoms with Crippen LogP contribution >= 0.6 is 0 Å². The van der Waals surface area contributed by atoms with Gasteiger partial charge in [0.25, 0.3) is 0 Å². The van der Waals surface area contributed by atoms with Crippen LogP contribution in [0.2, 0.25) is 0 Å². The monoisotopic (exact) mass is 244 g/mol. The quantitative estimate of drug-likeness (QED) is 0.877. The van der Waals surface area contributed by atoms with E-state index in [0.29, 0.717) is 13.2 Å². The summed E-state index contributed by atoms with van der Waals surface area (Å²) >= 11 is 0. The van der Waals surface area contributed by atoms with Crippen molar-refractivity contribution < 1.29 is 9.47 Å². The van der Waals surface area contributed by atoms with Gasteiger partial charge in [-0.25, -0.2) is 0 Å². The summed E-state index contributed by atoms with van der Waals surface area (Å²) in [5.41, 5.74) is 7.59. The molecule has 1 aromatic heterocycles. The van der Waals surface area contributed by atoms with Gasteiger partial charge >= 0.3 is 0 Å². The van der Waals surface area contributed by atoms with Crippen LogP contribution in [0, 0.1) is 0 Å². The summed E-state index contributed by atoms with van der Waals surface area (Å²) in [6.07, 6.45) is 3.40. The molecule has 0 fully saturated rings. The van der Waals surface area contributed by atoms with Crippen molar-refractivity contribution in [3.8, 4) is 11.5 Å². The number of nitrogens with two attached hydrogens (primary N) is 1. The highest BCUT2D eigenvalue weighted by atomic mass is 16.5. The summed E-state index contributed by atoms with van der Waals surface area (Å²) in [4.78, 5) is 4.02. The van der Waals surface area contributed by atoms with Gasteiger partial charge in [-0.2, -0.15) is 0 Å². The van der Waals surface area contributed by atoms with E-state index in [1.165, 1.54) is 0 Å². The van der Waals surface area contributed by atoms with Crippen molar-refractivity contribution >= 4 is 0 Å². The fourth-order valence-corrected chi connectivity index (χ4v) is 1.66. The van der Waals surface area contributed by atoms with Crippen LogP contribution in [0.25, 0.3) is 0 Å². The normalized spacial score (nSPS) is 10.3. The second kappa shape index (κ2) is 6.14. The molecule has 2 N–H and O–H groups in total. The molecule has 0 amide bonds. The predicted molar refractivity (Wildman–Crippen MR) is 69.4 cm³/mol. The minimum Gasteiger partial charge on any atom is -0.457 e. The lowest BCUT2D eigenvalue weighted by Crippen LogP contribution is -2.00. The first-order chi connectivity index (χ1) is 8.83. The molecule has 4 heteroatoms. The van der Waals surface area contributed by atoms with Crippen LogP contribution in [0.3, 0.4) is 0 Å². The van der Waals surface area contributed by atoms with Gasteiger partial charge in [-0.15, -0.1) is 0 Å². The second-order valence-corrected chi connectivity index (χ2v) is 3.87. The van der Waals surface area contributed by atoms with Gasteiger partial charge in [0.05, 0.1) is 6.61 Å². The molecule has 0 atom stereocenters. The molecule has 1 aromatic carbocycles. The van der Waals surface area contributed by atoms with Crippen LogP contribution in [0.4, 0.5) is 0 Å². The zero-order valence-corrected chi connectivity index (χ0v) is 10.3. The molecule has 0 unspecified atom stereocenters. The van der Waals surface area contributed by atoms with Gasteiger partial charge in [0.1, 0.15) is 11.5 Å². The number of pyridine rings is 1. The first-order valence-electron chi connectivity index (χ1n) is 5.72. The number of benzene rings is 1. The summed E-state index contributed by atoms with van der Waals surface area (Å²) in [6, 6.07) is 9.59. The molecule has 2 aromatic rings. The third-order valence-corrected chi connectivity index (χ3v) is 2.52. The van der Waals surface area contributed by atoms with E-state index in [9.17, 15) is 0 Å². The van der Waals surface area contributed by atoms with Crippen molar-refractivity contribution in [2.75, 3.05) is 7.11 Å². The molecular weight excluding hydrogens is 228 g/mol. The Morgan fingerprint density at radius 1 is 1.28 bits per heavy atom. The molecule has 0 saturated carbocycles. The van der Waals surface area contributed by atoms with Crippen molar-refractivity contribution in [2.45, 2.75) is 13.2 Å². The lowest BCUT2D eigenvalue weighted by Gasteiger charge is -2.10. The van der Waals surface area contributed by atoms with Crippen LogP contribution in [-0.2, 0) is 17.9 Å². The van der Waals surface area contributed by atoms with Gasteiger partial charge in [0, 0.05) is 31.6 Å². The fraction of sp³-hybridized carbons (Fsp3) is 0.214. The van der Waals surface area contributed by atoms with Gasteiger partial charge in [-0.05, 0) is 23.8 Å². The standard InChI is InChI=1S/C14H16N2O2/c1-17-10-11-3-2-4-13(7-11)18-14-5-6-16-9-12(14)8-15/h2-7,9H,8,10,15H2,1H3. The van der Waals surface area contributed by atoms with E-state index in [2.05, 4.69) is 4.98 Å². The Bertz CT molecular complexity index is 515. The Kier molecular flexibility index (Phi) is 4.28. The van der Waals surface area contributed by atoms with Gasteiger partial charge in [-0.3, -0.25) is 4.98 Å². The minimum atomic E-state index is 0.404. The maximum absolute atomic E-state index is 5.81. The average Bonchev–Trinajstić information content (AvgIpc) is 2.40. The lowest BCUT2D eigenvalue weighted by atomic mass is 10.2. The van der Waals surface area contributed by atoms with Gasteiger partial charge in [0.15, 0.2) is 0 Å². The number of nitrogens with zero attached hydrogens (tertiary/aromatic N) is 1. The van der Waals surface area contributed by atoms with Crippen molar-refractivity contribution in [1.82, 2.24) is 4.98 Å². The highest BCUT2D eigenvalue weighted by Crippen LogP contribution is 2.25. The highest BCUT2D eigenvalue weighted by molar-refractivity contribution is 5.37. The zero-order chi connectivity index (χ0) is 12.8.